The van der Waals surface area contributed by atoms with Crippen LogP contribution in [-0.4, -0.2) is 55.6 Å². The lowest BCUT2D eigenvalue weighted by Crippen LogP contribution is -2.44. The molecular formula is C23H31N4O6PS. The minimum atomic E-state index is -3.92. The number of carbonyl (C=O) groups excluding carboxylic acids is 1. The number of nitrogens with zero attached hydrogens (tertiary/aromatic N) is 2. The van der Waals surface area contributed by atoms with E-state index in [1.165, 1.54) is 18.2 Å². The van der Waals surface area contributed by atoms with Crippen LogP contribution < -0.4 is 15.3 Å². The summed E-state index contributed by atoms with van der Waals surface area (Å²) in [7, 11) is -7.48. The molecule has 2 unspecified atom stereocenters. The van der Waals surface area contributed by atoms with Crippen LogP contribution in [0.25, 0.3) is 0 Å². The van der Waals surface area contributed by atoms with E-state index in [1.807, 2.05) is 20.8 Å². The van der Waals surface area contributed by atoms with Gasteiger partial charge in [0.05, 0.1) is 29.9 Å². The molecule has 12 heteroatoms. The first-order valence-electron chi connectivity index (χ1n) is 11.1. The van der Waals surface area contributed by atoms with Crippen molar-refractivity contribution >= 4 is 46.0 Å². The van der Waals surface area contributed by atoms with Crippen molar-refractivity contribution in [3.05, 3.63) is 29.5 Å². The van der Waals surface area contributed by atoms with Gasteiger partial charge in [0, 0.05) is 18.7 Å². The molecule has 1 aromatic carbocycles. The summed E-state index contributed by atoms with van der Waals surface area (Å²) < 4.78 is 49.3. The zero-order valence-corrected chi connectivity index (χ0v) is 22.2. The van der Waals surface area contributed by atoms with Crippen LogP contribution in [0.15, 0.2) is 34.3 Å². The third-order valence-electron chi connectivity index (χ3n) is 5.47. The Hall–Kier alpha value is -2.80. The van der Waals surface area contributed by atoms with Crippen molar-refractivity contribution in [1.82, 2.24) is 4.90 Å². The van der Waals surface area contributed by atoms with Crippen LogP contribution in [0.2, 0.25) is 0 Å². The first kappa shape index (κ1) is 26.8. The fourth-order valence-corrected chi connectivity index (χ4v) is 6.57. The lowest BCUT2D eigenvalue weighted by Gasteiger charge is -2.35. The van der Waals surface area contributed by atoms with Crippen molar-refractivity contribution in [2.45, 2.75) is 46.6 Å². The first-order valence-corrected chi connectivity index (χ1v) is 14.6. The molecule has 0 aromatic heterocycles. The van der Waals surface area contributed by atoms with Crippen molar-refractivity contribution < 1.29 is 27.4 Å². The van der Waals surface area contributed by atoms with E-state index in [4.69, 9.17) is 10.9 Å². The molecule has 2 aliphatic heterocycles. The highest BCUT2D eigenvalue weighted by atomic mass is 32.2. The van der Waals surface area contributed by atoms with E-state index in [9.17, 15) is 22.9 Å². The fraction of sp³-hybridized carbons (Fsp3) is 0.478. The Morgan fingerprint density at radius 3 is 2.63 bits per heavy atom. The third kappa shape index (κ3) is 5.56. The highest BCUT2D eigenvalue weighted by Gasteiger charge is 2.48. The predicted octanol–water partition coefficient (Wildman–Crippen LogP) is 3.22. The van der Waals surface area contributed by atoms with Crippen LogP contribution in [0.5, 0.6) is 0 Å². The molecule has 1 amide bonds. The number of unbranched alkanes of at least 4 members (excludes halogenated alkanes) is 1. The standard InChI is InChI=1S/C23H31N4O6PS/c1-7-9-10-13-27-20(23(3,4)5)19(28)18(22(27)29)21-24-16-12-11-15(26-35(6,31)32)14-17(16)34(30,25-21)33-8-2/h1,11-12,14,20,26,28H,8-10,13H2,2-6H3,(H,24,25,30). The van der Waals surface area contributed by atoms with Crippen LogP contribution in [0.3, 0.4) is 0 Å². The number of fused-ring (bicyclic) bond motifs is 1. The highest BCUT2D eigenvalue weighted by molar-refractivity contribution is 7.92. The molecule has 0 fully saturated rings. The Labute approximate surface area is 206 Å². The number of sulfonamides is 1. The number of carbonyl (C=O) groups is 1. The van der Waals surface area contributed by atoms with Gasteiger partial charge in [-0.25, -0.2) is 8.42 Å². The number of aliphatic hydroxyl groups is 1. The van der Waals surface area contributed by atoms with Crippen molar-refractivity contribution in [1.29, 1.82) is 0 Å². The second-order valence-corrected chi connectivity index (χ2v) is 13.2. The molecule has 0 aliphatic carbocycles. The van der Waals surface area contributed by atoms with E-state index >= 15 is 0 Å². The monoisotopic (exact) mass is 522 g/mol. The van der Waals surface area contributed by atoms with Gasteiger partial charge in [-0.15, -0.1) is 12.3 Å². The van der Waals surface area contributed by atoms with Crippen LogP contribution in [0.1, 0.15) is 40.5 Å². The molecule has 10 nitrogen and oxygen atoms in total. The molecule has 0 radical (unpaired) electrons. The largest absolute Gasteiger partial charge is 0.509 e. The second-order valence-electron chi connectivity index (χ2n) is 9.45. The summed E-state index contributed by atoms with van der Waals surface area (Å²) in [6, 6.07) is 3.77. The number of amidine groups is 1. The smallest absolute Gasteiger partial charge is 0.348 e. The molecular weight excluding hydrogens is 491 g/mol. The van der Waals surface area contributed by atoms with Gasteiger partial charge in [-0.1, -0.05) is 20.8 Å². The SMILES string of the molecule is C#CCCCN1C(=O)C(C2=NP(=O)(OCC)c3cc(NS(C)(=O)=O)ccc3N2)=C(O)C1C(C)(C)C. The van der Waals surface area contributed by atoms with Gasteiger partial charge < -0.3 is 19.8 Å². The summed E-state index contributed by atoms with van der Waals surface area (Å²) in [5.74, 6) is 1.87. The van der Waals surface area contributed by atoms with Crippen LogP contribution in [-0.2, 0) is 23.9 Å². The van der Waals surface area contributed by atoms with Gasteiger partial charge >= 0.3 is 7.52 Å². The van der Waals surface area contributed by atoms with E-state index in [-0.39, 0.29) is 34.8 Å². The van der Waals surface area contributed by atoms with Crippen molar-refractivity contribution in [3.8, 4) is 12.3 Å². The number of nitrogens with one attached hydrogen (secondary N) is 2. The number of hydrogen-bond acceptors (Lipinski definition) is 7. The van der Waals surface area contributed by atoms with E-state index in [0.29, 0.717) is 25.1 Å². The maximum atomic E-state index is 13.8. The molecule has 3 N–H and O–H groups in total. The predicted molar refractivity (Wildman–Crippen MR) is 138 cm³/mol. The number of aliphatic hydroxyl groups excluding tert-OH is 1. The Bertz CT molecular complexity index is 1290. The minimum absolute atomic E-state index is 0.0546. The maximum absolute atomic E-state index is 13.8. The van der Waals surface area contributed by atoms with E-state index in [1.54, 1.807) is 11.8 Å². The highest BCUT2D eigenvalue weighted by Crippen LogP contribution is 2.53. The zero-order valence-electron chi connectivity index (χ0n) is 20.5. The zero-order chi connectivity index (χ0) is 26.2. The lowest BCUT2D eigenvalue weighted by molar-refractivity contribution is -0.128. The van der Waals surface area contributed by atoms with Crippen LogP contribution in [0.4, 0.5) is 11.4 Å². The maximum Gasteiger partial charge on any atom is 0.348 e. The quantitative estimate of drug-likeness (QED) is 0.271. The van der Waals surface area contributed by atoms with Crippen molar-refractivity contribution in [3.63, 3.8) is 0 Å². The molecule has 0 spiro atoms. The number of anilines is 2. The van der Waals surface area contributed by atoms with Gasteiger partial charge in [-0.05, 0) is 37.0 Å². The molecule has 35 heavy (non-hydrogen) atoms. The number of terminal acetylenes is 1. The summed E-state index contributed by atoms with van der Waals surface area (Å²) in [4.78, 5) is 15.0. The van der Waals surface area contributed by atoms with Gasteiger partial charge in [0.25, 0.3) is 5.91 Å². The molecule has 0 saturated heterocycles. The average Bonchev–Trinajstić information content (AvgIpc) is 2.97. The molecule has 0 bridgehead atoms. The molecule has 3 rings (SSSR count). The van der Waals surface area contributed by atoms with Gasteiger partial charge in [0.2, 0.25) is 10.0 Å². The normalized spacial score (nSPS) is 22.4. The Morgan fingerprint density at radius 1 is 1.37 bits per heavy atom. The number of rotatable bonds is 8. The van der Waals surface area contributed by atoms with Gasteiger partial charge in [-0.2, -0.15) is 4.76 Å². The summed E-state index contributed by atoms with van der Waals surface area (Å²) in [6.07, 6.45) is 7.41. The Morgan fingerprint density at radius 2 is 2.06 bits per heavy atom. The summed E-state index contributed by atoms with van der Waals surface area (Å²) in [5, 5.41) is 14.3. The van der Waals surface area contributed by atoms with Gasteiger partial charge in [-0.3, -0.25) is 14.1 Å². The molecule has 2 aliphatic rings. The van der Waals surface area contributed by atoms with E-state index < -0.39 is 34.9 Å². The van der Waals surface area contributed by atoms with E-state index in [2.05, 4.69) is 20.7 Å². The number of hydrogen-bond donors (Lipinski definition) is 3. The van der Waals surface area contributed by atoms with Crippen LogP contribution in [0, 0.1) is 17.8 Å². The fourth-order valence-electron chi connectivity index (χ4n) is 4.21. The lowest BCUT2D eigenvalue weighted by atomic mass is 9.85. The molecule has 2 heterocycles. The Kier molecular flexibility index (Phi) is 7.42. The van der Waals surface area contributed by atoms with E-state index in [0.717, 1.165) is 6.26 Å². The molecule has 2 atom stereocenters. The second kappa shape index (κ2) is 9.69. The van der Waals surface area contributed by atoms with Crippen molar-refractivity contribution in [2.75, 3.05) is 29.4 Å². The molecule has 1 aromatic rings. The summed E-state index contributed by atoms with van der Waals surface area (Å²) >= 11 is 0. The first-order chi connectivity index (χ1) is 16.2. The number of benzene rings is 1. The number of amides is 1. The van der Waals surface area contributed by atoms with Crippen molar-refractivity contribution in [2.24, 2.45) is 10.2 Å². The third-order valence-corrected chi connectivity index (χ3v) is 8.13. The van der Waals surface area contributed by atoms with Gasteiger partial charge in [0.1, 0.15) is 11.3 Å². The van der Waals surface area contributed by atoms with Gasteiger partial charge in [0.15, 0.2) is 5.84 Å². The summed E-state index contributed by atoms with van der Waals surface area (Å²) in [5.41, 5.74) is -0.0506. The Balaban J connectivity index is 2.10. The minimum Gasteiger partial charge on any atom is -0.509 e. The van der Waals surface area contributed by atoms with Crippen LogP contribution >= 0.6 is 7.52 Å². The molecule has 0 saturated carbocycles. The average molecular weight is 523 g/mol. The molecule has 190 valence electrons. The topological polar surface area (TPSA) is 137 Å². The summed E-state index contributed by atoms with van der Waals surface area (Å²) in [6.45, 7) is 7.77.